The lowest BCUT2D eigenvalue weighted by atomic mass is 9.41. The summed E-state index contributed by atoms with van der Waals surface area (Å²) in [7, 11) is 0. The van der Waals surface area contributed by atoms with Gasteiger partial charge in [0, 0.05) is 0 Å². The van der Waals surface area contributed by atoms with E-state index >= 15 is 0 Å². The van der Waals surface area contributed by atoms with E-state index in [2.05, 4.69) is 33.8 Å². The third kappa shape index (κ3) is 4.33. The van der Waals surface area contributed by atoms with Crippen LogP contribution in [0.2, 0.25) is 0 Å². The number of aryl methyl sites for hydroxylation is 1. The first-order valence-corrected chi connectivity index (χ1v) is 16.3. The van der Waals surface area contributed by atoms with E-state index in [0.29, 0.717) is 52.9 Å². The lowest BCUT2D eigenvalue weighted by molar-refractivity contribution is -0.203. The van der Waals surface area contributed by atoms with Crippen LogP contribution in [0.15, 0.2) is 18.2 Å². The summed E-state index contributed by atoms with van der Waals surface area (Å²) in [6.07, 6.45) is 12.8. The molecule has 12 atom stereocenters. The molecule has 5 aliphatic carbocycles. The highest BCUT2D eigenvalue weighted by atomic mass is 16.4. The highest BCUT2D eigenvalue weighted by molar-refractivity contribution is 5.89. The molecule has 6 rings (SSSR count). The average molecular weight is 537 g/mol. The first-order valence-electron chi connectivity index (χ1n) is 16.3. The Morgan fingerprint density at radius 3 is 2.49 bits per heavy atom. The molecule has 39 heavy (non-hydrogen) atoms. The molecule has 0 heterocycles. The van der Waals surface area contributed by atoms with E-state index in [1.165, 1.54) is 44.1 Å². The zero-order valence-electron chi connectivity index (χ0n) is 24.7. The normalized spacial score (nSPS) is 45.9. The highest BCUT2D eigenvalue weighted by Crippen LogP contribution is 2.69. The summed E-state index contributed by atoms with van der Waals surface area (Å²) in [5.41, 5.74) is 3.38. The summed E-state index contributed by atoms with van der Waals surface area (Å²) in [5, 5.41) is 32.3. The molecular formula is C35H52O4. The van der Waals surface area contributed by atoms with E-state index in [1.807, 2.05) is 6.07 Å². The van der Waals surface area contributed by atoms with Gasteiger partial charge in [-0.1, -0.05) is 46.2 Å². The number of rotatable bonds is 5. The van der Waals surface area contributed by atoms with Crippen molar-refractivity contribution in [3.8, 4) is 0 Å². The molecule has 0 aromatic heterocycles. The van der Waals surface area contributed by atoms with Gasteiger partial charge in [0.1, 0.15) is 0 Å². The van der Waals surface area contributed by atoms with Gasteiger partial charge >= 0.3 is 5.97 Å². The Morgan fingerprint density at radius 2 is 1.74 bits per heavy atom. The van der Waals surface area contributed by atoms with Crippen molar-refractivity contribution in [2.75, 3.05) is 0 Å². The Morgan fingerprint density at radius 1 is 1.00 bits per heavy atom. The first kappa shape index (κ1) is 27.8. The molecule has 0 spiro atoms. The molecule has 5 unspecified atom stereocenters. The summed E-state index contributed by atoms with van der Waals surface area (Å²) in [5.74, 6) is 3.44. The molecule has 0 amide bonds. The number of carboxylic acids is 1. The molecule has 0 aliphatic heterocycles. The monoisotopic (exact) mass is 536 g/mol. The molecule has 0 bridgehead atoms. The quantitative estimate of drug-likeness (QED) is 0.374. The standard InChI is InChI=1S/C35H52O4/c1-5-24-30-19-23(36)13-15-35(30,4)29-14-16-34(3)27(11-12-28(34)31(29)32(24)37)20(2)17-21-9-10-22-7-6-8-25(33(38)39)26(22)18-21/h6-8,20-21,23-24,27-32,36-37H,5,9-19H2,1-4H3,(H,38,39)/t20-,21?,23-,24-,27-,28?,29?,30+,31?,32-,34?,35-/m1/s1. The van der Waals surface area contributed by atoms with Crippen molar-refractivity contribution in [2.45, 2.75) is 117 Å². The van der Waals surface area contributed by atoms with Gasteiger partial charge in [-0.15, -0.1) is 0 Å². The number of hydrogen-bond acceptors (Lipinski definition) is 3. The molecule has 5 aliphatic rings. The predicted molar refractivity (Wildman–Crippen MR) is 154 cm³/mol. The minimum absolute atomic E-state index is 0.190. The van der Waals surface area contributed by atoms with E-state index in [-0.39, 0.29) is 23.0 Å². The molecule has 0 radical (unpaired) electrons. The highest BCUT2D eigenvalue weighted by Gasteiger charge is 2.64. The van der Waals surface area contributed by atoms with E-state index < -0.39 is 5.97 Å². The van der Waals surface area contributed by atoms with Crippen molar-refractivity contribution in [1.82, 2.24) is 0 Å². The van der Waals surface area contributed by atoms with Gasteiger partial charge in [0.15, 0.2) is 0 Å². The summed E-state index contributed by atoms with van der Waals surface area (Å²) in [6.45, 7) is 9.84. The van der Waals surface area contributed by atoms with Crippen LogP contribution >= 0.6 is 0 Å². The fraction of sp³-hybridized carbons (Fsp3) is 0.800. The Bertz CT molecular complexity index is 1080. The fourth-order valence-electron chi connectivity index (χ4n) is 11.9. The molecule has 4 nitrogen and oxygen atoms in total. The van der Waals surface area contributed by atoms with Crippen LogP contribution < -0.4 is 0 Å². The van der Waals surface area contributed by atoms with Gasteiger partial charge in [-0.25, -0.2) is 4.79 Å². The van der Waals surface area contributed by atoms with E-state index in [4.69, 9.17) is 0 Å². The molecular weight excluding hydrogens is 484 g/mol. The van der Waals surface area contributed by atoms with Gasteiger partial charge in [-0.05, 0) is 146 Å². The van der Waals surface area contributed by atoms with Gasteiger partial charge < -0.3 is 15.3 Å². The molecule has 4 saturated carbocycles. The number of hydrogen-bond donors (Lipinski definition) is 3. The van der Waals surface area contributed by atoms with Crippen LogP contribution in [0.1, 0.15) is 113 Å². The summed E-state index contributed by atoms with van der Waals surface area (Å²) < 4.78 is 0. The molecule has 0 saturated heterocycles. The predicted octanol–water partition coefficient (Wildman–Crippen LogP) is 7.14. The van der Waals surface area contributed by atoms with Crippen LogP contribution in [-0.4, -0.2) is 33.5 Å². The molecule has 216 valence electrons. The maximum absolute atomic E-state index is 12.0. The second kappa shape index (κ2) is 10.2. The second-order valence-corrected chi connectivity index (χ2v) is 15.2. The molecule has 4 fully saturated rings. The minimum atomic E-state index is -0.789. The number of aliphatic hydroxyl groups is 2. The minimum Gasteiger partial charge on any atom is -0.478 e. The lowest BCUT2D eigenvalue weighted by Crippen LogP contribution is -2.62. The smallest absolute Gasteiger partial charge is 0.335 e. The van der Waals surface area contributed by atoms with Crippen molar-refractivity contribution < 1.29 is 20.1 Å². The fourth-order valence-corrected chi connectivity index (χ4v) is 11.9. The third-order valence-corrected chi connectivity index (χ3v) is 13.7. The summed E-state index contributed by atoms with van der Waals surface area (Å²) in [4.78, 5) is 11.9. The maximum Gasteiger partial charge on any atom is 0.335 e. The Balaban J connectivity index is 1.21. The summed E-state index contributed by atoms with van der Waals surface area (Å²) >= 11 is 0. The van der Waals surface area contributed by atoms with Gasteiger partial charge in [-0.2, -0.15) is 0 Å². The van der Waals surface area contributed by atoms with E-state index in [1.54, 1.807) is 6.07 Å². The van der Waals surface area contributed by atoms with Crippen LogP contribution in [0.5, 0.6) is 0 Å². The van der Waals surface area contributed by atoms with Gasteiger partial charge in [0.2, 0.25) is 0 Å². The number of fused-ring (bicyclic) bond motifs is 6. The zero-order chi connectivity index (χ0) is 27.7. The van der Waals surface area contributed by atoms with Crippen LogP contribution in [-0.2, 0) is 12.8 Å². The van der Waals surface area contributed by atoms with Gasteiger partial charge in [-0.3, -0.25) is 0 Å². The maximum atomic E-state index is 12.0. The molecule has 1 aromatic rings. The Hall–Kier alpha value is -1.39. The largest absolute Gasteiger partial charge is 0.478 e. The molecule has 4 heteroatoms. The number of aliphatic hydroxyl groups excluding tert-OH is 2. The Labute approximate surface area is 236 Å². The summed E-state index contributed by atoms with van der Waals surface area (Å²) in [6, 6.07) is 5.81. The first-order chi connectivity index (χ1) is 18.6. The van der Waals surface area contributed by atoms with E-state index in [0.717, 1.165) is 44.1 Å². The SMILES string of the molecule is CC[C@H]1[C@@H](O)C2C3CC[C@H]([C@H](C)CC4CCc5cccc(C(=O)O)c5C4)C3(C)CCC2[C@@]2(C)CC[C@@H](O)C[C@@H]12. The van der Waals surface area contributed by atoms with Gasteiger partial charge in [0.25, 0.3) is 0 Å². The van der Waals surface area contributed by atoms with Crippen LogP contribution in [0, 0.1) is 58.2 Å². The number of carboxylic acid groups (broad SMARTS) is 1. The van der Waals surface area contributed by atoms with Crippen molar-refractivity contribution in [1.29, 1.82) is 0 Å². The Kier molecular flexibility index (Phi) is 7.23. The number of carbonyl (C=O) groups is 1. The van der Waals surface area contributed by atoms with Crippen molar-refractivity contribution in [3.63, 3.8) is 0 Å². The molecule has 1 aromatic carbocycles. The topological polar surface area (TPSA) is 77.8 Å². The van der Waals surface area contributed by atoms with Crippen molar-refractivity contribution in [2.24, 2.45) is 58.2 Å². The van der Waals surface area contributed by atoms with Crippen molar-refractivity contribution in [3.05, 3.63) is 34.9 Å². The second-order valence-electron chi connectivity index (χ2n) is 15.2. The van der Waals surface area contributed by atoms with Crippen LogP contribution in [0.4, 0.5) is 0 Å². The lowest BCUT2D eigenvalue weighted by Gasteiger charge is -2.64. The van der Waals surface area contributed by atoms with Crippen molar-refractivity contribution >= 4 is 5.97 Å². The van der Waals surface area contributed by atoms with Crippen LogP contribution in [0.25, 0.3) is 0 Å². The zero-order valence-corrected chi connectivity index (χ0v) is 24.7. The molecule has 3 N–H and O–H groups in total. The van der Waals surface area contributed by atoms with E-state index in [9.17, 15) is 20.1 Å². The number of aromatic carboxylic acids is 1. The number of benzene rings is 1. The van der Waals surface area contributed by atoms with Crippen LogP contribution in [0.3, 0.4) is 0 Å². The van der Waals surface area contributed by atoms with Gasteiger partial charge in [0.05, 0.1) is 17.8 Å². The average Bonchev–Trinajstić information content (AvgIpc) is 3.26. The third-order valence-electron chi connectivity index (χ3n) is 13.7.